The van der Waals surface area contributed by atoms with Gasteiger partial charge in [0, 0.05) is 7.05 Å². The van der Waals surface area contributed by atoms with E-state index in [4.69, 9.17) is 0 Å². The molecule has 0 aliphatic carbocycles. The minimum absolute atomic E-state index is 0.242. The molecule has 1 amide bonds. The molecule has 4 heteroatoms. The highest BCUT2D eigenvalue weighted by Gasteiger charge is 2.05. The molecule has 0 saturated carbocycles. The molecular formula is C6H6FNOS. The molecule has 1 rings (SSSR count). The minimum atomic E-state index is -0.335. The summed E-state index contributed by atoms with van der Waals surface area (Å²) in [7, 11) is 1.51. The van der Waals surface area contributed by atoms with Gasteiger partial charge >= 0.3 is 0 Å². The molecule has 0 aliphatic heterocycles. The fourth-order valence-corrected chi connectivity index (χ4v) is 1.24. The molecule has 1 N–H and O–H groups in total. The van der Waals surface area contributed by atoms with Crippen LogP contribution in [0.1, 0.15) is 9.67 Å². The average Bonchev–Trinajstić information content (AvgIpc) is 2.34. The average molecular weight is 159 g/mol. The van der Waals surface area contributed by atoms with E-state index in [-0.39, 0.29) is 11.0 Å². The van der Waals surface area contributed by atoms with Crippen molar-refractivity contribution in [3.63, 3.8) is 0 Å². The molecule has 2 nitrogen and oxygen atoms in total. The fraction of sp³-hybridized carbons (Fsp3) is 0.167. The second-order valence-corrected chi connectivity index (χ2v) is 2.72. The van der Waals surface area contributed by atoms with Gasteiger partial charge in [-0.1, -0.05) is 0 Å². The van der Waals surface area contributed by atoms with Crippen molar-refractivity contribution in [3.05, 3.63) is 22.1 Å². The SMILES string of the molecule is CNC(=O)c1ccc(F)s1. The van der Waals surface area contributed by atoms with Crippen molar-refractivity contribution in [1.82, 2.24) is 5.32 Å². The van der Waals surface area contributed by atoms with Gasteiger partial charge in [-0.25, -0.2) is 0 Å². The number of carbonyl (C=O) groups is 1. The Morgan fingerprint density at radius 3 is 2.80 bits per heavy atom. The summed E-state index contributed by atoms with van der Waals surface area (Å²) >= 11 is 0.842. The second-order valence-electron chi connectivity index (χ2n) is 1.68. The van der Waals surface area contributed by atoms with Gasteiger partial charge in [-0.3, -0.25) is 4.79 Å². The van der Waals surface area contributed by atoms with E-state index in [0.29, 0.717) is 4.88 Å². The highest BCUT2D eigenvalue weighted by atomic mass is 32.1. The molecule has 0 saturated heterocycles. The Morgan fingerprint density at radius 1 is 1.70 bits per heavy atom. The predicted octanol–water partition coefficient (Wildman–Crippen LogP) is 1.25. The van der Waals surface area contributed by atoms with Gasteiger partial charge in [-0.15, -0.1) is 11.3 Å². The minimum Gasteiger partial charge on any atom is -0.354 e. The highest BCUT2D eigenvalue weighted by Crippen LogP contribution is 2.13. The highest BCUT2D eigenvalue weighted by molar-refractivity contribution is 7.12. The number of thiophene rings is 1. The Balaban J connectivity index is 2.85. The summed E-state index contributed by atoms with van der Waals surface area (Å²) in [6, 6.07) is 2.73. The third kappa shape index (κ3) is 1.33. The van der Waals surface area contributed by atoms with Crippen LogP contribution < -0.4 is 5.32 Å². The Hall–Kier alpha value is -0.900. The van der Waals surface area contributed by atoms with Gasteiger partial charge in [0.15, 0.2) is 5.13 Å². The predicted molar refractivity (Wildman–Crippen MR) is 37.7 cm³/mol. The number of carbonyl (C=O) groups excluding carboxylic acids is 1. The molecule has 10 heavy (non-hydrogen) atoms. The lowest BCUT2D eigenvalue weighted by atomic mass is 10.4. The van der Waals surface area contributed by atoms with E-state index in [1.54, 1.807) is 0 Å². The van der Waals surface area contributed by atoms with E-state index in [1.807, 2.05) is 0 Å². The van der Waals surface area contributed by atoms with Crippen LogP contribution in [-0.2, 0) is 0 Å². The largest absolute Gasteiger partial charge is 0.354 e. The van der Waals surface area contributed by atoms with Gasteiger partial charge in [0.2, 0.25) is 0 Å². The van der Waals surface area contributed by atoms with Crippen LogP contribution in [0.2, 0.25) is 0 Å². The van der Waals surface area contributed by atoms with Gasteiger partial charge in [0.25, 0.3) is 5.91 Å². The maximum atomic E-state index is 12.3. The van der Waals surface area contributed by atoms with Gasteiger partial charge in [0.1, 0.15) is 0 Å². The van der Waals surface area contributed by atoms with Crippen molar-refractivity contribution in [3.8, 4) is 0 Å². The zero-order valence-electron chi connectivity index (χ0n) is 5.35. The first-order valence-electron chi connectivity index (χ1n) is 2.71. The third-order valence-electron chi connectivity index (χ3n) is 1.02. The van der Waals surface area contributed by atoms with Crippen LogP contribution in [0.15, 0.2) is 12.1 Å². The maximum absolute atomic E-state index is 12.3. The molecule has 0 atom stereocenters. The summed E-state index contributed by atoms with van der Waals surface area (Å²) in [5.41, 5.74) is 0. The first kappa shape index (κ1) is 7.21. The maximum Gasteiger partial charge on any atom is 0.261 e. The van der Waals surface area contributed by atoms with Gasteiger partial charge in [-0.2, -0.15) is 4.39 Å². The van der Waals surface area contributed by atoms with E-state index in [0.717, 1.165) is 11.3 Å². The molecule has 0 fully saturated rings. The van der Waals surface area contributed by atoms with Crippen LogP contribution in [0.5, 0.6) is 0 Å². The summed E-state index contributed by atoms with van der Waals surface area (Å²) in [5, 5.41) is 2.06. The van der Waals surface area contributed by atoms with Gasteiger partial charge < -0.3 is 5.32 Å². The summed E-state index contributed by atoms with van der Waals surface area (Å²) < 4.78 is 12.3. The number of nitrogens with one attached hydrogen (secondary N) is 1. The lowest BCUT2D eigenvalue weighted by molar-refractivity contribution is 0.0967. The molecule has 0 bridgehead atoms. The van der Waals surface area contributed by atoms with Crippen LogP contribution in [0, 0.1) is 5.13 Å². The van der Waals surface area contributed by atoms with Crippen LogP contribution in [-0.4, -0.2) is 13.0 Å². The van der Waals surface area contributed by atoms with Crippen LogP contribution >= 0.6 is 11.3 Å². The standard InChI is InChI=1S/C6H6FNOS/c1-8-6(9)4-2-3-5(7)10-4/h2-3H,1H3,(H,8,9). The molecule has 1 aromatic heterocycles. The Kier molecular flexibility index (Phi) is 2.01. The van der Waals surface area contributed by atoms with E-state index in [9.17, 15) is 9.18 Å². The Bertz CT molecular complexity index is 246. The van der Waals surface area contributed by atoms with E-state index in [1.165, 1.54) is 19.2 Å². The van der Waals surface area contributed by atoms with Crippen molar-refractivity contribution in [2.45, 2.75) is 0 Å². The number of amides is 1. The molecule has 0 aromatic carbocycles. The van der Waals surface area contributed by atoms with E-state index < -0.39 is 0 Å². The lowest BCUT2D eigenvalue weighted by Gasteiger charge is -1.90. The normalized spacial score (nSPS) is 9.40. The first-order chi connectivity index (χ1) is 4.74. The number of hydrogen-bond acceptors (Lipinski definition) is 2. The van der Waals surface area contributed by atoms with Crippen LogP contribution in [0.3, 0.4) is 0 Å². The van der Waals surface area contributed by atoms with Crippen molar-refractivity contribution in [2.24, 2.45) is 0 Å². The first-order valence-corrected chi connectivity index (χ1v) is 3.53. The fourth-order valence-electron chi connectivity index (χ4n) is 0.560. The molecular weight excluding hydrogens is 153 g/mol. The summed E-state index contributed by atoms with van der Waals surface area (Å²) in [4.78, 5) is 11.2. The second kappa shape index (κ2) is 2.79. The topological polar surface area (TPSA) is 29.1 Å². The summed E-state index contributed by atoms with van der Waals surface area (Å²) in [5.74, 6) is -0.242. The van der Waals surface area contributed by atoms with Gasteiger partial charge in [0.05, 0.1) is 4.88 Å². The molecule has 1 heterocycles. The molecule has 0 radical (unpaired) electrons. The summed E-state index contributed by atoms with van der Waals surface area (Å²) in [6.07, 6.45) is 0. The molecule has 54 valence electrons. The molecule has 0 unspecified atom stereocenters. The number of rotatable bonds is 1. The zero-order valence-corrected chi connectivity index (χ0v) is 6.17. The number of halogens is 1. The van der Waals surface area contributed by atoms with Gasteiger partial charge in [-0.05, 0) is 12.1 Å². The van der Waals surface area contributed by atoms with Crippen molar-refractivity contribution >= 4 is 17.2 Å². The Morgan fingerprint density at radius 2 is 2.40 bits per heavy atom. The molecule has 0 spiro atoms. The Labute approximate surface area is 61.7 Å². The smallest absolute Gasteiger partial charge is 0.261 e. The molecule has 1 aromatic rings. The van der Waals surface area contributed by atoms with Crippen molar-refractivity contribution in [1.29, 1.82) is 0 Å². The summed E-state index contributed by atoms with van der Waals surface area (Å²) in [6.45, 7) is 0. The molecule has 0 aliphatic rings. The lowest BCUT2D eigenvalue weighted by Crippen LogP contribution is -2.15. The van der Waals surface area contributed by atoms with Crippen LogP contribution in [0.25, 0.3) is 0 Å². The number of hydrogen-bond donors (Lipinski definition) is 1. The van der Waals surface area contributed by atoms with Crippen LogP contribution in [0.4, 0.5) is 4.39 Å². The monoisotopic (exact) mass is 159 g/mol. The van der Waals surface area contributed by atoms with Crippen molar-refractivity contribution in [2.75, 3.05) is 7.05 Å². The van der Waals surface area contributed by atoms with E-state index in [2.05, 4.69) is 5.32 Å². The third-order valence-corrected chi connectivity index (χ3v) is 1.90. The van der Waals surface area contributed by atoms with Crippen molar-refractivity contribution < 1.29 is 9.18 Å². The zero-order chi connectivity index (χ0) is 7.56. The quantitative estimate of drug-likeness (QED) is 0.656. The van der Waals surface area contributed by atoms with E-state index >= 15 is 0 Å².